The summed E-state index contributed by atoms with van der Waals surface area (Å²) in [5.41, 5.74) is -5.04. The molecule has 0 aliphatic carbocycles. The van der Waals surface area contributed by atoms with E-state index in [4.69, 9.17) is 0 Å². The third kappa shape index (κ3) is 4.00. The van der Waals surface area contributed by atoms with Crippen molar-refractivity contribution in [3.05, 3.63) is 86.5 Å². The molecule has 0 aliphatic rings. The Hall–Kier alpha value is -3.37. The van der Waals surface area contributed by atoms with Gasteiger partial charge in [-0.15, -0.1) is 0 Å². The van der Waals surface area contributed by atoms with E-state index in [2.05, 4.69) is 4.98 Å². The van der Waals surface area contributed by atoms with Crippen LogP contribution in [0.3, 0.4) is 0 Å². The molecular formula is C19H13F6N3O2. The predicted octanol–water partition coefficient (Wildman–Crippen LogP) is 3.98. The van der Waals surface area contributed by atoms with E-state index in [-0.39, 0.29) is 17.9 Å². The first-order valence-corrected chi connectivity index (χ1v) is 8.53. The Morgan fingerprint density at radius 3 is 1.70 bits per heavy atom. The van der Waals surface area contributed by atoms with Gasteiger partial charge in [0.1, 0.15) is 5.82 Å². The quantitative estimate of drug-likeness (QED) is 0.592. The molecule has 5 nitrogen and oxygen atoms in total. The fraction of sp³-hybridized carbons (Fsp3) is 0.211. The van der Waals surface area contributed by atoms with Crippen molar-refractivity contribution >= 4 is 0 Å². The normalized spacial score (nSPS) is 12.2. The second kappa shape index (κ2) is 7.47. The highest BCUT2D eigenvalue weighted by atomic mass is 19.4. The number of rotatable bonds is 3. The van der Waals surface area contributed by atoms with Crippen molar-refractivity contribution in [3.63, 3.8) is 0 Å². The zero-order valence-electron chi connectivity index (χ0n) is 15.3. The van der Waals surface area contributed by atoms with E-state index >= 15 is 0 Å². The van der Waals surface area contributed by atoms with Crippen molar-refractivity contribution in [2.45, 2.75) is 25.7 Å². The van der Waals surface area contributed by atoms with Crippen LogP contribution in [0.1, 0.15) is 23.9 Å². The van der Waals surface area contributed by atoms with Crippen LogP contribution in [-0.4, -0.2) is 14.1 Å². The summed E-state index contributed by atoms with van der Waals surface area (Å²) in [6.45, 7) is 1.53. The molecule has 3 rings (SSSR count). The van der Waals surface area contributed by atoms with Gasteiger partial charge in [0.2, 0.25) is 0 Å². The second-order valence-corrected chi connectivity index (χ2v) is 6.21. The number of aromatic nitrogens is 3. The molecule has 0 fully saturated rings. The van der Waals surface area contributed by atoms with E-state index in [9.17, 15) is 35.9 Å². The summed E-state index contributed by atoms with van der Waals surface area (Å²) in [7, 11) is 0. The molecule has 1 heterocycles. The zero-order valence-corrected chi connectivity index (χ0v) is 15.3. The van der Waals surface area contributed by atoms with Gasteiger partial charge in [0.05, 0.1) is 22.5 Å². The van der Waals surface area contributed by atoms with Crippen molar-refractivity contribution in [1.82, 2.24) is 14.1 Å². The fourth-order valence-corrected chi connectivity index (χ4v) is 2.86. The van der Waals surface area contributed by atoms with E-state index in [0.29, 0.717) is 16.7 Å². The van der Waals surface area contributed by atoms with Crippen molar-refractivity contribution in [2.24, 2.45) is 0 Å². The molecule has 158 valence electrons. The Morgan fingerprint density at radius 1 is 0.800 bits per heavy atom. The molecular weight excluding hydrogens is 416 g/mol. The van der Waals surface area contributed by atoms with Gasteiger partial charge >= 0.3 is 23.7 Å². The molecule has 0 spiro atoms. The van der Waals surface area contributed by atoms with Gasteiger partial charge in [-0.05, 0) is 36.4 Å². The summed E-state index contributed by atoms with van der Waals surface area (Å²) in [6, 6.07) is 7.23. The number of halogens is 6. The Balaban J connectivity index is 2.31. The average Bonchev–Trinajstić information content (AvgIpc) is 2.66. The molecule has 11 heteroatoms. The predicted molar refractivity (Wildman–Crippen MR) is 94.8 cm³/mol. The number of aryl methyl sites for hydroxylation is 1. The summed E-state index contributed by atoms with van der Waals surface area (Å²) in [4.78, 5) is 29.1. The van der Waals surface area contributed by atoms with E-state index in [0.717, 1.165) is 34.9 Å². The molecule has 0 saturated heterocycles. The minimum Gasteiger partial charge on any atom is -0.249 e. The highest BCUT2D eigenvalue weighted by Gasteiger charge is 2.32. The Kier molecular flexibility index (Phi) is 5.31. The van der Waals surface area contributed by atoms with Crippen molar-refractivity contribution in [2.75, 3.05) is 0 Å². The Morgan fingerprint density at radius 2 is 1.27 bits per heavy atom. The lowest BCUT2D eigenvalue weighted by Crippen LogP contribution is -2.42. The average molecular weight is 429 g/mol. The maximum absolute atomic E-state index is 13.1. The molecule has 0 aliphatic heterocycles. The Bertz CT molecular complexity index is 1210. The lowest BCUT2D eigenvalue weighted by Gasteiger charge is -2.16. The summed E-state index contributed by atoms with van der Waals surface area (Å²) in [5, 5.41) is 0. The van der Waals surface area contributed by atoms with Gasteiger partial charge in [-0.1, -0.05) is 19.1 Å². The molecule has 0 amide bonds. The minimum absolute atomic E-state index is 0.0180. The maximum atomic E-state index is 13.1. The van der Waals surface area contributed by atoms with Gasteiger partial charge in [-0.2, -0.15) is 31.3 Å². The number of benzene rings is 2. The van der Waals surface area contributed by atoms with E-state index in [1.54, 1.807) is 0 Å². The second-order valence-electron chi connectivity index (χ2n) is 6.21. The maximum Gasteiger partial charge on any atom is 0.416 e. The number of alkyl halides is 6. The monoisotopic (exact) mass is 429 g/mol. The van der Waals surface area contributed by atoms with Crippen LogP contribution in [0.2, 0.25) is 0 Å². The first-order chi connectivity index (χ1) is 13.9. The third-order valence-electron chi connectivity index (χ3n) is 4.24. The van der Waals surface area contributed by atoms with Crippen molar-refractivity contribution < 1.29 is 26.3 Å². The van der Waals surface area contributed by atoms with E-state index in [1.807, 2.05) is 0 Å². The SMILES string of the molecule is CCc1nc(=O)n(-c2cccc(C(F)(F)F)c2)c(=O)n1-c1cccc(C(F)(F)F)c1. The number of hydrogen-bond donors (Lipinski definition) is 0. The highest BCUT2D eigenvalue weighted by Crippen LogP contribution is 2.31. The van der Waals surface area contributed by atoms with E-state index < -0.39 is 40.5 Å². The largest absolute Gasteiger partial charge is 0.416 e. The van der Waals surface area contributed by atoms with Crippen molar-refractivity contribution in [3.8, 4) is 11.4 Å². The smallest absolute Gasteiger partial charge is 0.249 e. The first kappa shape index (κ1) is 21.3. The summed E-state index contributed by atoms with van der Waals surface area (Å²) in [6.07, 6.45) is -9.39. The summed E-state index contributed by atoms with van der Waals surface area (Å²) >= 11 is 0. The molecule has 0 N–H and O–H groups in total. The lowest BCUT2D eigenvalue weighted by molar-refractivity contribution is -0.138. The molecule has 2 aromatic carbocycles. The van der Waals surface area contributed by atoms with E-state index in [1.165, 1.54) is 13.0 Å². The van der Waals surface area contributed by atoms with Gasteiger partial charge in [-0.25, -0.2) is 18.7 Å². The number of hydrogen-bond acceptors (Lipinski definition) is 3. The molecule has 0 saturated carbocycles. The molecule has 3 aromatic rings. The third-order valence-corrected chi connectivity index (χ3v) is 4.24. The highest BCUT2D eigenvalue weighted by molar-refractivity contribution is 5.40. The Labute approximate surface area is 164 Å². The number of nitrogens with zero attached hydrogens (tertiary/aromatic N) is 3. The molecule has 0 atom stereocenters. The van der Waals surface area contributed by atoms with Gasteiger partial charge in [0.25, 0.3) is 0 Å². The van der Waals surface area contributed by atoms with Crippen LogP contribution in [0, 0.1) is 0 Å². The van der Waals surface area contributed by atoms with Crippen LogP contribution in [0.5, 0.6) is 0 Å². The standard InChI is InChI=1S/C19H13F6N3O2/c1-2-15-26-16(29)28(14-8-4-6-12(10-14)19(23,24)25)17(30)27(15)13-7-3-5-11(9-13)18(20,21)22/h3-10H,2H2,1H3. The van der Waals surface area contributed by atoms with Crippen LogP contribution in [-0.2, 0) is 18.8 Å². The molecule has 0 bridgehead atoms. The van der Waals surface area contributed by atoms with Crippen molar-refractivity contribution in [1.29, 1.82) is 0 Å². The van der Waals surface area contributed by atoms with Crippen LogP contribution in [0.25, 0.3) is 11.4 Å². The van der Waals surface area contributed by atoms with Crippen LogP contribution >= 0.6 is 0 Å². The van der Waals surface area contributed by atoms with Gasteiger partial charge in [0.15, 0.2) is 0 Å². The summed E-state index contributed by atoms with van der Waals surface area (Å²) < 4.78 is 79.4. The fourth-order valence-electron chi connectivity index (χ4n) is 2.86. The molecule has 1 aromatic heterocycles. The first-order valence-electron chi connectivity index (χ1n) is 8.53. The summed E-state index contributed by atoms with van der Waals surface area (Å²) in [5.74, 6) is -0.132. The molecule has 0 radical (unpaired) electrons. The van der Waals surface area contributed by atoms with Gasteiger partial charge in [0, 0.05) is 6.42 Å². The molecule has 0 unspecified atom stereocenters. The molecule has 30 heavy (non-hydrogen) atoms. The minimum atomic E-state index is -4.73. The lowest BCUT2D eigenvalue weighted by atomic mass is 10.2. The van der Waals surface area contributed by atoms with Gasteiger partial charge < -0.3 is 0 Å². The van der Waals surface area contributed by atoms with Crippen LogP contribution < -0.4 is 11.4 Å². The van der Waals surface area contributed by atoms with Crippen LogP contribution in [0.15, 0.2) is 58.1 Å². The topological polar surface area (TPSA) is 56.9 Å². The zero-order chi connectivity index (χ0) is 22.3. The van der Waals surface area contributed by atoms with Gasteiger partial charge in [-0.3, -0.25) is 0 Å². The van der Waals surface area contributed by atoms with Crippen LogP contribution in [0.4, 0.5) is 26.3 Å².